The summed E-state index contributed by atoms with van der Waals surface area (Å²) in [6, 6.07) is 29.7. The molecule has 0 aliphatic carbocycles. The van der Waals surface area contributed by atoms with E-state index < -0.39 is 35.8 Å². The fourth-order valence-electron chi connectivity index (χ4n) is 4.53. The Hall–Kier alpha value is -2.98. The van der Waals surface area contributed by atoms with E-state index in [1.165, 1.54) is 0 Å². The van der Waals surface area contributed by atoms with E-state index in [0.29, 0.717) is 0 Å². The Kier molecular flexibility index (Phi) is 7.18. The molecule has 1 saturated heterocycles. The summed E-state index contributed by atoms with van der Waals surface area (Å²) in [6.07, 6.45) is 1.36. The lowest BCUT2D eigenvalue weighted by Gasteiger charge is -2.37. The highest BCUT2D eigenvalue weighted by molar-refractivity contribution is 5.47. The molecule has 0 saturated carbocycles. The Labute approximate surface area is 200 Å². The predicted molar refractivity (Wildman–Crippen MR) is 130 cm³/mol. The lowest BCUT2D eigenvalue weighted by molar-refractivity contribution is -0.163. The van der Waals surface area contributed by atoms with Crippen molar-refractivity contribution in [2.75, 3.05) is 6.61 Å². The molecule has 0 unspecified atom stereocenters. The van der Waals surface area contributed by atoms with E-state index in [1.807, 2.05) is 91.0 Å². The summed E-state index contributed by atoms with van der Waals surface area (Å²) in [5.74, 6) is 1.28. The minimum atomic E-state index is -1.22. The smallest absolute Gasteiger partial charge is 0.164 e. The van der Waals surface area contributed by atoms with Gasteiger partial charge in [-0.05, 0) is 30.5 Å². The Balaban J connectivity index is 1.73. The highest BCUT2D eigenvalue weighted by atomic mass is 16.8. The van der Waals surface area contributed by atoms with Crippen molar-refractivity contribution in [1.82, 2.24) is 0 Å². The quantitative estimate of drug-likeness (QED) is 0.396. The number of hydrogen-bond acceptors (Lipinski definition) is 5. The Morgan fingerprint density at radius 3 is 1.65 bits per heavy atom. The normalized spacial score (nSPS) is 21.5. The van der Waals surface area contributed by atoms with Crippen LogP contribution >= 0.6 is 0 Å². The van der Waals surface area contributed by atoms with Gasteiger partial charge in [-0.25, -0.2) is 0 Å². The van der Waals surface area contributed by atoms with Crippen molar-refractivity contribution in [2.24, 2.45) is 0 Å². The van der Waals surface area contributed by atoms with Crippen LogP contribution in [-0.4, -0.2) is 47.0 Å². The molecule has 5 heteroatoms. The van der Waals surface area contributed by atoms with E-state index in [1.54, 1.807) is 13.8 Å². The van der Waals surface area contributed by atoms with Crippen LogP contribution in [0.25, 0.3) is 0 Å². The molecule has 1 heterocycles. The van der Waals surface area contributed by atoms with Gasteiger partial charge in [-0.3, -0.25) is 0 Å². The number of rotatable bonds is 8. The zero-order chi connectivity index (χ0) is 24.2. The number of ether oxygens (including phenoxy) is 3. The third kappa shape index (κ3) is 4.78. The average molecular weight is 459 g/mol. The molecule has 3 aromatic rings. The molecule has 0 spiro atoms. The highest BCUT2D eigenvalue weighted by Gasteiger charge is 2.48. The van der Waals surface area contributed by atoms with Crippen LogP contribution in [0.15, 0.2) is 91.0 Å². The van der Waals surface area contributed by atoms with Crippen LogP contribution in [0.2, 0.25) is 0 Å². The molecule has 1 aliphatic rings. The van der Waals surface area contributed by atoms with Gasteiger partial charge in [0.25, 0.3) is 0 Å². The standard InChI is InChI=1S/C29H30O5/c1-4-24(30)26-27(34-28(2,3)33-26)25(31)20-32-29(21-14-8-5-9-15-21,22-16-10-6-11-17-22)23-18-12-7-13-19-23/h1,5-19,24-27,30-31H,20H2,2-3H3/t24-,25+,26-,27+/m0/s1. The summed E-state index contributed by atoms with van der Waals surface area (Å²) in [5, 5.41) is 21.5. The molecule has 2 N–H and O–H groups in total. The number of aliphatic hydroxyl groups excluding tert-OH is 2. The van der Waals surface area contributed by atoms with Crippen molar-refractivity contribution in [3.8, 4) is 12.3 Å². The van der Waals surface area contributed by atoms with E-state index in [4.69, 9.17) is 20.6 Å². The molecule has 0 amide bonds. The Morgan fingerprint density at radius 1 is 0.824 bits per heavy atom. The van der Waals surface area contributed by atoms with Gasteiger partial charge >= 0.3 is 0 Å². The van der Waals surface area contributed by atoms with Crippen molar-refractivity contribution < 1.29 is 24.4 Å². The van der Waals surface area contributed by atoms with Gasteiger partial charge in [0.15, 0.2) is 5.79 Å². The minimum Gasteiger partial charge on any atom is -0.388 e. The van der Waals surface area contributed by atoms with Crippen LogP contribution in [0.1, 0.15) is 30.5 Å². The fourth-order valence-corrected chi connectivity index (χ4v) is 4.53. The molecule has 0 radical (unpaired) electrons. The van der Waals surface area contributed by atoms with Crippen LogP contribution in [0.3, 0.4) is 0 Å². The molecule has 3 aromatic carbocycles. The first-order chi connectivity index (χ1) is 16.4. The van der Waals surface area contributed by atoms with Crippen LogP contribution in [0.5, 0.6) is 0 Å². The van der Waals surface area contributed by atoms with E-state index >= 15 is 0 Å². The first kappa shape index (κ1) is 24.2. The van der Waals surface area contributed by atoms with Crippen molar-refractivity contribution in [2.45, 2.75) is 49.7 Å². The second kappa shape index (κ2) is 10.1. The first-order valence-corrected chi connectivity index (χ1v) is 11.4. The fraction of sp³-hybridized carbons (Fsp3) is 0.310. The van der Waals surface area contributed by atoms with Crippen LogP contribution in [-0.2, 0) is 19.8 Å². The lowest BCUT2D eigenvalue weighted by atomic mass is 9.80. The van der Waals surface area contributed by atoms with Gasteiger partial charge in [-0.2, -0.15) is 0 Å². The van der Waals surface area contributed by atoms with Gasteiger partial charge in [0.2, 0.25) is 0 Å². The first-order valence-electron chi connectivity index (χ1n) is 11.4. The predicted octanol–water partition coefficient (Wildman–Crippen LogP) is 3.87. The Morgan fingerprint density at radius 2 is 1.24 bits per heavy atom. The second-order valence-electron chi connectivity index (χ2n) is 8.83. The van der Waals surface area contributed by atoms with Gasteiger partial charge in [-0.15, -0.1) is 6.42 Å². The molecule has 1 aliphatic heterocycles. The van der Waals surface area contributed by atoms with Gasteiger partial charge in [0, 0.05) is 0 Å². The van der Waals surface area contributed by atoms with Gasteiger partial charge < -0.3 is 24.4 Å². The molecule has 4 atom stereocenters. The topological polar surface area (TPSA) is 68.2 Å². The Bertz CT molecular complexity index is 995. The van der Waals surface area contributed by atoms with Crippen LogP contribution in [0.4, 0.5) is 0 Å². The maximum absolute atomic E-state index is 11.2. The van der Waals surface area contributed by atoms with Crippen LogP contribution in [0, 0.1) is 12.3 Å². The third-order valence-electron chi connectivity index (χ3n) is 6.04. The summed E-state index contributed by atoms with van der Waals surface area (Å²) in [7, 11) is 0. The van der Waals surface area contributed by atoms with Crippen molar-refractivity contribution in [3.63, 3.8) is 0 Å². The molecule has 4 rings (SSSR count). The van der Waals surface area contributed by atoms with Gasteiger partial charge in [-0.1, -0.05) is 96.9 Å². The van der Waals surface area contributed by atoms with E-state index in [2.05, 4.69) is 5.92 Å². The largest absolute Gasteiger partial charge is 0.388 e. The third-order valence-corrected chi connectivity index (χ3v) is 6.04. The molecular weight excluding hydrogens is 428 g/mol. The average Bonchev–Trinajstić information content (AvgIpc) is 3.21. The van der Waals surface area contributed by atoms with Crippen molar-refractivity contribution in [3.05, 3.63) is 108 Å². The van der Waals surface area contributed by atoms with Crippen molar-refractivity contribution in [1.29, 1.82) is 0 Å². The molecule has 34 heavy (non-hydrogen) atoms. The summed E-state index contributed by atoms with van der Waals surface area (Å²) < 4.78 is 18.4. The number of hydrogen-bond donors (Lipinski definition) is 2. The number of terminal acetylenes is 1. The maximum Gasteiger partial charge on any atom is 0.164 e. The summed E-state index contributed by atoms with van der Waals surface area (Å²) in [6.45, 7) is 3.36. The molecule has 176 valence electrons. The maximum atomic E-state index is 11.2. The summed E-state index contributed by atoms with van der Waals surface area (Å²) >= 11 is 0. The van der Waals surface area contributed by atoms with E-state index in [0.717, 1.165) is 16.7 Å². The van der Waals surface area contributed by atoms with Gasteiger partial charge in [0.1, 0.15) is 30.0 Å². The second-order valence-corrected chi connectivity index (χ2v) is 8.83. The number of benzene rings is 3. The molecule has 0 bridgehead atoms. The summed E-state index contributed by atoms with van der Waals surface area (Å²) in [4.78, 5) is 0. The minimum absolute atomic E-state index is 0.0867. The molecule has 5 nitrogen and oxygen atoms in total. The molecular formula is C29H30O5. The number of aliphatic hydroxyl groups is 2. The zero-order valence-corrected chi connectivity index (χ0v) is 19.4. The zero-order valence-electron chi connectivity index (χ0n) is 19.4. The molecule has 0 aromatic heterocycles. The highest BCUT2D eigenvalue weighted by Crippen LogP contribution is 2.41. The van der Waals surface area contributed by atoms with E-state index in [-0.39, 0.29) is 6.61 Å². The summed E-state index contributed by atoms with van der Waals surface area (Å²) in [5.41, 5.74) is 1.77. The van der Waals surface area contributed by atoms with Crippen molar-refractivity contribution >= 4 is 0 Å². The van der Waals surface area contributed by atoms with Gasteiger partial charge in [0.05, 0.1) is 6.61 Å². The molecule has 1 fully saturated rings. The monoisotopic (exact) mass is 458 g/mol. The van der Waals surface area contributed by atoms with E-state index in [9.17, 15) is 10.2 Å². The van der Waals surface area contributed by atoms with Crippen LogP contribution < -0.4 is 0 Å². The SMILES string of the molecule is C#C[C@H](O)[C@@H]1OC(C)(C)O[C@@H]1[C@H](O)COC(c1ccccc1)(c1ccccc1)c1ccccc1. The lowest BCUT2D eigenvalue weighted by Crippen LogP contribution is -2.45.